The van der Waals surface area contributed by atoms with E-state index in [-0.39, 0.29) is 24.2 Å². The highest BCUT2D eigenvalue weighted by atomic mass is 19.1. The number of aliphatic imine (C=N–C) groups is 1. The summed E-state index contributed by atoms with van der Waals surface area (Å²) in [6, 6.07) is 4.28. The Morgan fingerprint density at radius 2 is 1.76 bits per heavy atom. The number of carbonyl (C=O) groups excluding carboxylic acids is 1. The number of nitrogens with zero attached hydrogens (tertiary/aromatic N) is 3. The summed E-state index contributed by atoms with van der Waals surface area (Å²) < 4.78 is 28.2. The van der Waals surface area contributed by atoms with E-state index in [1.54, 1.807) is 19.0 Å². The van der Waals surface area contributed by atoms with Gasteiger partial charge in [-0.05, 0) is 31.4 Å². The molecule has 1 heterocycles. The first-order valence-corrected chi connectivity index (χ1v) is 10.4. The van der Waals surface area contributed by atoms with Crippen LogP contribution in [0.1, 0.15) is 38.5 Å². The van der Waals surface area contributed by atoms with Crippen molar-refractivity contribution in [3.63, 3.8) is 0 Å². The highest BCUT2D eigenvalue weighted by Gasteiger charge is 2.28. The number of benzene rings is 1. The van der Waals surface area contributed by atoms with Gasteiger partial charge >= 0.3 is 0 Å². The number of guanidine groups is 1. The lowest BCUT2D eigenvalue weighted by molar-refractivity contribution is -0.127. The molecule has 0 aromatic heterocycles. The van der Waals surface area contributed by atoms with Crippen LogP contribution in [0.5, 0.6) is 0 Å². The van der Waals surface area contributed by atoms with Crippen LogP contribution in [0.15, 0.2) is 23.2 Å². The first-order chi connectivity index (χ1) is 13.9. The molecule has 0 bridgehead atoms. The van der Waals surface area contributed by atoms with Gasteiger partial charge in [0.1, 0.15) is 23.9 Å². The molecule has 2 fully saturated rings. The van der Waals surface area contributed by atoms with Crippen molar-refractivity contribution in [2.75, 3.05) is 38.6 Å². The normalized spacial score (nSPS) is 20.6. The second-order valence-electron chi connectivity index (χ2n) is 8.08. The van der Waals surface area contributed by atoms with Gasteiger partial charge in [-0.3, -0.25) is 4.79 Å². The van der Waals surface area contributed by atoms with E-state index < -0.39 is 11.6 Å². The summed E-state index contributed by atoms with van der Waals surface area (Å²) in [7, 11) is 3.41. The molecule has 2 N–H and O–H groups in total. The van der Waals surface area contributed by atoms with Gasteiger partial charge in [-0.15, -0.1) is 0 Å². The Hall–Kier alpha value is -2.38. The molecule has 1 atom stereocenters. The minimum atomic E-state index is -0.545. The number of halogens is 2. The van der Waals surface area contributed by atoms with Crippen molar-refractivity contribution in [1.82, 2.24) is 15.5 Å². The van der Waals surface area contributed by atoms with E-state index in [1.165, 1.54) is 42.4 Å². The van der Waals surface area contributed by atoms with E-state index in [0.717, 1.165) is 19.3 Å². The number of nitrogens with one attached hydrogen (secondary N) is 2. The predicted octanol–water partition coefficient (Wildman–Crippen LogP) is 2.50. The molecule has 1 aliphatic heterocycles. The third kappa shape index (κ3) is 5.81. The molecule has 1 aliphatic carbocycles. The fourth-order valence-electron chi connectivity index (χ4n) is 3.93. The second kappa shape index (κ2) is 9.89. The summed E-state index contributed by atoms with van der Waals surface area (Å²) in [6.45, 7) is 1.10. The first kappa shape index (κ1) is 21.3. The molecule has 3 rings (SSSR count). The fourth-order valence-corrected chi connectivity index (χ4v) is 3.93. The minimum Gasteiger partial charge on any atom is -0.365 e. The lowest BCUT2D eigenvalue weighted by Crippen LogP contribution is -2.49. The van der Waals surface area contributed by atoms with Gasteiger partial charge in [-0.2, -0.15) is 0 Å². The Morgan fingerprint density at radius 1 is 1.10 bits per heavy atom. The van der Waals surface area contributed by atoms with Crippen molar-refractivity contribution >= 4 is 17.6 Å². The maximum absolute atomic E-state index is 14.1. The van der Waals surface area contributed by atoms with Crippen LogP contribution < -0.4 is 15.5 Å². The number of carbonyl (C=O) groups is 1. The molecular weight excluding hydrogens is 376 g/mol. The Labute approximate surface area is 171 Å². The van der Waals surface area contributed by atoms with E-state index in [0.29, 0.717) is 25.1 Å². The van der Waals surface area contributed by atoms with E-state index in [4.69, 9.17) is 0 Å². The van der Waals surface area contributed by atoms with Gasteiger partial charge in [0.2, 0.25) is 5.91 Å². The van der Waals surface area contributed by atoms with Gasteiger partial charge in [-0.25, -0.2) is 13.8 Å². The first-order valence-electron chi connectivity index (χ1n) is 10.4. The number of anilines is 1. The average molecular weight is 408 g/mol. The van der Waals surface area contributed by atoms with Gasteiger partial charge in [0, 0.05) is 39.3 Å². The lowest BCUT2D eigenvalue weighted by Gasteiger charge is -2.27. The summed E-state index contributed by atoms with van der Waals surface area (Å²) in [5, 5.41) is 6.83. The number of likely N-dealkylation sites (N-methyl/N-ethyl adjacent to an activating group) is 1. The van der Waals surface area contributed by atoms with Crippen LogP contribution in [0.4, 0.5) is 14.5 Å². The zero-order valence-electron chi connectivity index (χ0n) is 17.3. The molecule has 2 aliphatic rings. The van der Waals surface area contributed by atoms with E-state index >= 15 is 0 Å². The van der Waals surface area contributed by atoms with Crippen LogP contribution in [0.25, 0.3) is 0 Å². The SMILES string of the molecule is CN(C)C(=O)CN=C(NC1CCCCC1)NC1CCN(c2c(F)cccc2F)C1. The Bertz CT molecular complexity index is 714. The number of para-hydroxylation sites is 1. The Morgan fingerprint density at radius 3 is 2.41 bits per heavy atom. The van der Waals surface area contributed by atoms with Crippen LogP contribution in [0, 0.1) is 11.6 Å². The smallest absolute Gasteiger partial charge is 0.243 e. The molecular formula is C21H31F2N5O. The van der Waals surface area contributed by atoms with Crippen LogP contribution >= 0.6 is 0 Å². The van der Waals surface area contributed by atoms with Crippen molar-refractivity contribution in [3.8, 4) is 0 Å². The van der Waals surface area contributed by atoms with Crippen LogP contribution in [-0.2, 0) is 4.79 Å². The zero-order chi connectivity index (χ0) is 20.8. The summed E-state index contributed by atoms with van der Waals surface area (Å²) in [4.78, 5) is 19.7. The van der Waals surface area contributed by atoms with Gasteiger partial charge in [0.05, 0.1) is 0 Å². The molecule has 0 radical (unpaired) electrons. The third-order valence-electron chi connectivity index (χ3n) is 5.60. The van der Waals surface area contributed by atoms with E-state index in [9.17, 15) is 13.6 Å². The molecule has 0 spiro atoms. The number of hydrogen-bond donors (Lipinski definition) is 2. The van der Waals surface area contributed by atoms with Gasteiger partial charge < -0.3 is 20.4 Å². The van der Waals surface area contributed by atoms with Crippen molar-refractivity contribution in [2.45, 2.75) is 50.6 Å². The fraction of sp³-hybridized carbons (Fsp3) is 0.619. The summed E-state index contributed by atoms with van der Waals surface area (Å²) >= 11 is 0. The number of rotatable bonds is 5. The van der Waals surface area contributed by atoms with E-state index in [2.05, 4.69) is 15.6 Å². The molecule has 1 aromatic rings. The third-order valence-corrected chi connectivity index (χ3v) is 5.60. The minimum absolute atomic E-state index is 0.00157. The van der Waals surface area contributed by atoms with Crippen molar-refractivity contribution in [1.29, 1.82) is 0 Å². The zero-order valence-corrected chi connectivity index (χ0v) is 17.3. The average Bonchev–Trinajstić information content (AvgIpc) is 3.14. The van der Waals surface area contributed by atoms with Gasteiger partial charge in [0.25, 0.3) is 0 Å². The number of hydrogen-bond acceptors (Lipinski definition) is 3. The topological polar surface area (TPSA) is 60.0 Å². The quantitative estimate of drug-likeness (QED) is 0.582. The summed E-state index contributed by atoms with van der Waals surface area (Å²) in [6.07, 6.45) is 6.53. The predicted molar refractivity (Wildman–Crippen MR) is 111 cm³/mol. The van der Waals surface area contributed by atoms with Crippen LogP contribution in [0.3, 0.4) is 0 Å². The maximum Gasteiger partial charge on any atom is 0.243 e. The lowest BCUT2D eigenvalue weighted by atomic mass is 9.96. The van der Waals surface area contributed by atoms with Crippen LogP contribution in [0.2, 0.25) is 0 Å². The monoisotopic (exact) mass is 407 g/mol. The van der Waals surface area contributed by atoms with Gasteiger partial charge in [-0.1, -0.05) is 25.3 Å². The molecule has 1 unspecified atom stereocenters. The van der Waals surface area contributed by atoms with E-state index in [1.807, 2.05) is 0 Å². The summed E-state index contributed by atoms with van der Waals surface area (Å²) in [5.74, 6) is -0.558. The molecule has 8 heteroatoms. The standard InChI is InChI=1S/C21H31F2N5O/c1-27(2)19(29)13-24-21(25-15-7-4-3-5-8-15)26-16-11-12-28(14-16)20-17(22)9-6-10-18(20)23/h6,9-10,15-16H,3-5,7-8,11-14H2,1-2H3,(H2,24,25,26). The number of amides is 1. The molecule has 1 saturated carbocycles. The molecule has 1 amide bonds. The molecule has 29 heavy (non-hydrogen) atoms. The molecule has 1 saturated heterocycles. The Kier molecular flexibility index (Phi) is 7.28. The molecule has 160 valence electrons. The molecule has 1 aromatic carbocycles. The Balaban J connectivity index is 1.65. The highest BCUT2D eigenvalue weighted by molar-refractivity contribution is 5.85. The van der Waals surface area contributed by atoms with Crippen molar-refractivity contribution < 1.29 is 13.6 Å². The van der Waals surface area contributed by atoms with Crippen molar-refractivity contribution in [3.05, 3.63) is 29.8 Å². The van der Waals surface area contributed by atoms with Crippen molar-refractivity contribution in [2.24, 2.45) is 4.99 Å². The van der Waals surface area contributed by atoms with Crippen LogP contribution in [-0.4, -0.2) is 62.6 Å². The largest absolute Gasteiger partial charge is 0.365 e. The molecule has 6 nitrogen and oxygen atoms in total. The van der Waals surface area contributed by atoms with Gasteiger partial charge in [0.15, 0.2) is 5.96 Å². The maximum atomic E-state index is 14.1. The second-order valence-corrected chi connectivity index (χ2v) is 8.08. The highest BCUT2D eigenvalue weighted by Crippen LogP contribution is 2.26. The summed E-state index contributed by atoms with van der Waals surface area (Å²) in [5.41, 5.74) is 0.0262.